The number of methoxy groups -OCH3 is 1. The number of hydrogen-bond acceptors (Lipinski definition) is 3. The minimum absolute atomic E-state index is 0.0136. The average molecular weight is 201 g/mol. The van der Waals surface area contributed by atoms with E-state index in [1.54, 1.807) is 4.90 Å². The largest absolute Gasteiger partial charge is 0.481 e. The summed E-state index contributed by atoms with van der Waals surface area (Å²) in [6, 6.07) is 0. The first-order valence-corrected chi connectivity index (χ1v) is 4.62. The Morgan fingerprint density at radius 2 is 2.14 bits per heavy atom. The van der Waals surface area contributed by atoms with Gasteiger partial charge < -0.3 is 14.7 Å². The Bertz CT molecular complexity index is 241. The molecule has 2 unspecified atom stereocenters. The third-order valence-electron chi connectivity index (χ3n) is 2.66. The molecule has 5 heteroatoms. The molecule has 0 bridgehead atoms. The normalized spacial score (nSPS) is 27.1. The highest BCUT2D eigenvalue weighted by atomic mass is 16.5. The fourth-order valence-corrected chi connectivity index (χ4v) is 1.81. The molecular formula is C9H15NO4. The number of rotatable bonds is 1. The highest BCUT2D eigenvalue weighted by Crippen LogP contribution is 2.23. The molecule has 14 heavy (non-hydrogen) atoms. The Kier molecular flexibility index (Phi) is 3.33. The summed E-state index contributed by atoms with van der Waals surface area (Å²) < 4.78 is 4.57. The lowest BCUT2D eigenvalue weighted by Crippen LogP contribution is -2.44. The lowest BCUT2D eigenvalue weighted by Gasteiger charge is -2.33. The zero-order valence-electron chi connectivity index (χ0n) is 8.40. The minimum Gasteiger partial charge on any atom is -0.481 e. The molecule has 0 aromatic heterocycles. The smallest absolute Gasteiger partial charge is 0.409 e. The third-order valence-corrected chi connectivity index (χ3v) is 2.66. The molecule has 2 atom stereocenters. The van der Waals surface area contributed by atoms with E-state index in [9.17, 15) is 9.59 Å². The van der Waals surface area contributed by atoms with Gasteiger partial charge in [0.15, 0.2) is 0 Å². The van der Waals surface area contributed by atoms with Crippen molar-refractivity contribution >= 4 is 12.1 Å². The number of aliphatic carboxylic acids is 1. The van der Waals surface area contributed by atoms with Gasteiger partial charge in [-0.2, -0.15) is 0 Å². The van der Waals surface area contributed by atoms with Crippen molar-refractivity contribution in [1.82, 2.24) is 4.90 Å². The van der Waals surface area contributed by atoms with Crippen LogP contribution in [0.3, 0.4) is 0 Å². The van der Waals surface area contributed by atoms with Crippen LogP contribution in [0, 0.1) is 11.8 Å². The molecule has 1 amide bonds. The van der Waals surface area contributed by atoms with Crippen LogP contribution in [0.4, 0.5) is 4.79 Å². The maximum atomic E-state index is 11.1. The summed E-state index contributed by atoms with van der Waals surface area (Å²) >= 11 is 0. The zero-order chi connectivity index (χ0) is 10.7. The summed E-state index contributed by atoms with van der Waals surface area (Å²) in [5.74, 6) is -1.13. The van der Waals surface area contributed by atoms with E-state index >= 15 is 0 Å². The quantitative estimate of drug-likeness (QED) is 0.681. The van der Waals surface area contributed by atoms with Crippen LogP contribution in [0.15, 0.2) is 0 Å². The van der Waals surface area contributed by atoms with Crippen LogP contribution in [0.2, 0.25) is 0 Å². The van der Waals surface area contributed by atoms with Gasteiger partial charge in [0.25, 0.3) is 0 Å². The van der Waals surface area contributed by atoms with Crippen LogP contribution >= 0.6 is 0 Å². The van der Waals surface area contributed by atoms with Gasteiger partial charge in [-0.25, -0.2) is 4.79 Å². The van der Waals surface area contributed by atoms with E-state index in [1.165, 1.54) is 7.11 Å². The van der Waals surface area contributed by atoms with Gasteiger partial charge in [0.1, 0.15) is 0 Å². The molecule has 0 saturated carbocycles. The molecule has 0 aromatic rings. The Balaban J connectivity index is 2.55. The summed E-state index contributed by atoms with van der Waals surface area (Å²) in [7, 11) is 1.33. The first kappa shape index (κ1) is 10.8. The molecule has 1 fully saturated rings. The number of ether oxygens (including phenoxy) is 1. The second kappa shape index (κ2) is 4.30. The summed E-state index contributed by atoms with van der Waals surface area (Å²) in [4.78, 5) is 23.5. The fraction of sp³-hybridized carbons (Fsp3) is 0.778. The predicted octanol–water partition coefficient (Wildman–Crippen LogP) is 0.795. The van der Waals surface area contributed by atoms with E-state index in [0.29, 0.717) is 19.5 Å². The molecule has 1 N–H and O–H groups in total. The number of carboxylic acids is 1. The van der Waals surface area contributed by atoms with Crippen molar-refractivity contribution in [2.24, 2.45) is 11.8 Å². The van der Waals surface area contributed by atoms with Gasteiger partial charge in [-0.3, -0.25) is 4.79 Å². The van der Waals surface area contributed by atoms with Crippen molar-refractivity contribution in [1.29, 1.82) is 0 Å². The molecule has 0 aliphatic carbocycles. The van der Waals surface area contributed by atoms with Crippen LogP contribution in [0.1, 0.15) is 13.3 Å². The number of amides is 1. The van der Waals surface area contributed by atoms with Gasteiger partial charge in [-0.1, -0.05) is 6.92 Å². The van der Waals surface area contributed by atoms with Gasteiger partial charge >= 0.3 is 12.1 Å². The van der Waals surface area contributed by atoms with Crippen molar-refractivity contribution in [3.05, 3.63) is 0 Å². The summed E-state index contributed by atoms with van der Waals surface area (Å²) in [5.41, 5.74) is 0. The molecular weight excluding hydrogens is 186 g/mol. The van der Waals surface area contributed by atoms with Crippen molar-refractivity contribution in [3.63, 3.8) is 0 Å². The van der Waals surface area contributed by atoms with E-state index in [4.69, 9.17) is 5.11 Å². The fourth-order valence-electron chi connectivity index (χ4n) is 1.81. The number of nitrogens with zero attached hydrogens (tertiary/aromatic N) is 1. The SMILES string of the molecule is COC(=O)N1CCC(C(=O)O)C(C)C1. The summed E-state index contributed by atoms with van der Waals surface area (Å²) in [6.07, 6.45) is 0.131. The Hall–Kier alpha value is -1.26. The van der Waals surface area contributed by atoms with Gasteiger partial charge in [0.2, 0.25) is 0 Å². The summed E-state index contributed by atoms with van der Waals surface area (Å²) in [5, 5.41) is 8.86. The molecule has 1 rings (SSSR count). The molecule has 0 radical (unpaired) electrons. The molecule has 1 heterocycles. The molecule has 0 aromatic carbocycles. The lowest BCUT2D eigenvalue weighted by molar-refractivity contribution is -0.145. The van der Waals surface area contributed by atoms with Crippen LogP contribution in [-0.4, -0.2) is 42.3 Å². The van der Waals surface area contributed by atoms with Crippen LogP contribution in [-0.2, 0) is 9.53 Å². The highest BCUT2D eigenvalue weighted by molar-refractivity contribution is 5.72. The number of carbonyl (C=O) groups is 2. The van der Waals surface area contributed by atoms with Gasteiger partial charge in [-0.15, -0.1) is 0 Å². The Morgan fingerprint density at radius 3 is 2.57 bits per heavy atom. The number of hydrogen-bond donors (Lipinski definition) is 1. The van der Waals surface area contributed by atoms with Crippen LogP contribution < -0.4 is 0 Å². The van der Waals surface area contributed by atoms with E-state index in [-0.39, 0.29) is 17.9 Å². The molecule has 5 nitrogen and oxygen atoms in total. The minimum atomic E-state index is -0.776. The second-order valence-electron chi connectivity index (χ2n) is 3.63. The standard InChI is InChI=1S/C9H15NO4/c1-6-5-10(9(13)14-2)4-3-7(6)8(11)12/h6-7H,3-5H2,1-2H3,(H,11,12). The first-order chi connectivity index (χ1) is 6.56. The number of carboxylic acid groups (broad SMARTS) is 1. The van der Waals surface area contributed by atoms with Gasteiger partial charge in [-0.05, 0) is 12.3 Å². The van der Waals surface area contributed by atoms with E-state index in [2.05, 4.69) is 4.74 Å². The van der Waals surface area contributed by atoms with E-state index in [0.717, 1.165) is 0 Å². The Labute approximate surface area is 82.6 Å². The number of likely N-dealkylation sites (tertiary alicyclic amines) is 1. The van der Waals surface area contributed by atoms with Gasteiger partial charge in [0, 0.05) is 13.1 Å². The van der Waals surface area contributed by atoms with Crippen molar-refractivity contribution in [2.45, 2.75) is 13.3 Å². The molecule has 1 aliphatic rings. The van der Waals surface area contributed by atoms with Crippen LogP contribution in [0.25, 0.3) is 0 Å². The maximum Gasteiger partial charge on any atom is 0.409 e. The zero-order valence-corrected chi connectivity index (χ0v) is 8.40. The summed E-state index contributed by atoms with van der Waals surface area (Å²) in [6.45, 7) is 2.77. The predicted molar refractivity (Wildman–Crippen MR) is 48.9 cm³/mol. The van der Waals surface area contributed by atoms with Crippen molar-refractivity contribution in [3.8, 4) is 0 Å². The van der Waals surface area contributed by atoms with E-state index in [1.807, 2.05) is 6.92 Å². The monoisotopic (exact) mass is 201 g/mol. The van der Waals surface area contributed by atoms with Gasteiger partial charge in [0.05, 0.1) is 13.0 Å². The van der Waals surface area contributed by atoms with Crippen LogP contribution in [0.5, 0.6) is 0 Å². The Morgan fingerprint density at radius 1 is 1.50 bits per heavy atom. The molecule has 0 spiro atoms. The molecule has 1 saturated heterocycles. The lowest BCUT2D eigenvalue weighted by atomic mass is 9.87. The first-order valence-electron chi connectivity index (χ1n) is 4.62. The van der Waals surface area contributed by atoms with E-state index < -0.39 is 5.97 Å². The molecule has 80 valence electrons. The second-order valence-corrected chi connectivity index (χ2v) is 3.63. The third kappa shape index (κ3) is 2.16. The van der Waals surface area contributed by atoms with Crippen molar-refractivity contribution in [2.75, 3.05) is 20.2 Å². The highest BCUT2D eigenvalue weighted by Gasteiger charge is 2.33. The van der Waals surface area contributed by atoms with Crippen molar-refractivity contribution < 1.29 is 19.4 Å². The number of carbonyl (C=O) groups excluding carboxylic acids is 1. The number of piperidine rings is 1. The average Bonchev–Trinajstić information content (AvgIpc) is 2.15. The molecule has 1 aliphatic heterocycles. The topological polar surface area (TPSA) is 66.8 Å². The maximum absolute atomic E-state index is 11.1.